The van der Waals surface area contributed by atoms with Crippen LogP contribution in [0.3, 0.4) is 0 Å². The van der Waals surface area contributed by atoms with Crippen molar-refractivity contribution in [1.82, 2.24) is 20.3 Å². The maximum absolute atomic E-state index is 4.04. The minimum absolute atomic E-state index is 0.353. The molecule has 1 atom stereocenters. The first-order chi connectivity index (χ1) is 7.75. The zero-order valence-corrected chi connectivity index (χ0v) is 10.1. The van der Waals surface area contributed by atoms with Crippen molar-refractivity contribution in [3.05, 3.63) is 30.1 Å². The molecule has 2 heterocycles. The summed E-state index contributed by atoms with van der Waals surface area (Å²) < 4.78 is 0. The molecule has 1 aromatic rings. The lowest BCUT2D eigenvalue weighted by Crippen LogP contribution is -2.51. The second kappa shape index (κ2) is 5.39. The van der Waals surface area contributed by atoms with Crippen molar-refractivity contribution in [2.45, 2.75) is 13.0 Å². The molecule has 4 heteroatoms. The Bertz CT molecular complexity index is 306. The molecule has 1 unspecified atom stereocenters. The van der Waals surface area contributed by atoms with Crippen molar-refractivity contribution in [1.29, 1.82) is 0 Å². The Morgan fingerprint density at radius 1 is 1.19 bits per heavy atom. The van der Waals surface area contributed by atoms with Gasteiger partial charge in [0.25, 0.3) is 0 Å². The molecule has 0 saturated carbocycles. The summed E-state index contributed by atoms with van der Waals surface area (Å²) in [6.45, 7) is 6.64. The lowest BCUT2D eigenvalue weighted by Gasteiger charge is -2.34. The number of hydrazine groups is 1. The van der Waals surface area contributed by atoms with Gasteiger partial charge in [0, 0.05) is 44.6 Å². The highest BCUT2D eigenvalue weighted by atomic mass is 15.5. The highest BCUT2D eigenvalue weighted by molar-refractivity contribution is 5.13. The van der Waals surface area contributed by atoms with Gasteiger partial charge in [0.1, 0.15) is 0 Å². The van der Waals surface area contributed by atoms with Crippen LogP contribution in [0.15, 0.2) is 24.5 Å². The number of hydrogen-bond acceptors (Lipinski definition) is 4. The minimum atomic E-state index is 0.353. The first-order valence-electron chi connectivity index (χ1n) is 5.85. The van der Waals surface area contributed by atoms with Crippen LogP contribution in [0.4, 0.5) is 0 Å². The van der Waals surface area contributed by atoms with E-state index in [-0.39, 0.29) is 0 Å². The van der Waals surface area contributed by atoms with Crippen LogP contribution in [-0.4, -0.2) is 48.1 Å². The second-order valence-corrected chi connectivity index (χ2v) is 4.42. The quantitative estimate of drug-likeness (QED) is 0.820. The molecule has 4 nitrogen and oxygen atoms in total. The molecule has 2 rings (SSSR count). The first kappa shape index (κ1) is 11.5. The Hall–Kier alpha value is -0.970. The number of nitrogens with zero attached hydrogens (tertiary/aromatic N) is 3. The standard InChI is InChI=1S/C12H20N4/c1-11(12-3-5-13-6-4-12)14-16-9-7-15(2)8-10-16/h3-6,11,14H,7-10H2,1-2H3. The van der Waals surface area contributed by atoms with Crippen molar-refractivity contribution in [2.24, 2.45) is 0 Å². The molecule has 0 spiro atoms. The molecule has 0 amide bonds. The number of pyridine rings is 1. The van der Waals surface area contributed by atoms with Gasteiger partial charge in [-0.05, 0) is 31.7 Å². The van der Waals surface area contributed by atoms with E-state index in [0.29, 0.717) is 6.04 Å². The number of likely N-dealkylation sites (N-methyl/N-ethyl adjacent to an activating group) is 1. The Labute approximate surface area is 97.2 Å². The molecule has 1 aliphatic rings. The third-order valence-electron chi connectivity index (χ3n) is 3.09. The van der Waals surface area contributed by atoms with Crippen LogP contribution in [0.25, 0.3) is 0 Å². The van der Waals surface area contributed by atoms with Gasteiger partial charge in [-0.25, -0.2) is 10.4 Å². The van der Waals surface area contributed by atoms with E-state index in [1.165, 1.54) is 5.56 Å². The fraction of sp³-hybridized carbons (Fsp3) is 0.583. The number of aromatic nitrogens is 1. The largest absolute Gasteiger partial charge is 0.304 e. The van der Waals surface area contributed by atoms with Gasteiger partial charge in [0.05, 0.1) is 0 Å². The normalized spacial score (nSPS) is 20.9. The number of hydrogen-bond donors (Lipinski definition) is 1. The summed E-state index contributed by atoms with van der Waals surface area (Å²) in [5.41, 5.74) is 4.82. The van der Waals surface area contributed by atoms with Crippen LogP contribution >= 0.6 is 0 Å². The van der Waals surface area contributed by atoms with Crippen molar-refractivity contribution < 1.29 is 0 Å². The SMILES string of the molecule is CC(NN1CCN(C)CC1)c1ccncc1. The second-order valence-electron chi connectivity index (χ2n) is 4.42. The van der Waals surface area contributed by atoms with Crippen molar-refractivity contribution in [3.8, 4) is 0 Å². The van der Waals surface area contributed by atoms with Crippen molar-refractivity contribution in [2.75, 3.05) is 33.2 Å². The van der Waals surface area contributed by atoms with E-state index in [0.717, 1.165) is 26.2 Å². The summed E-state index contributed by atoms with van der Waals surface area (Å²) >= 11 is 0. The van der Waals surface area contributed by atoms with Crippen LogP contribution < -0.4 is 5.43 Å². The average Bonchev–Trinajstić information content (AvgIpc) is 2.33. The fourth-order valence-electron chi connectivity index (χ4n) is 1.94. The predicted molar refractivity (Wildman–Crippen MR) is 64.9 cm³/mol. The molecular weight excluding hydrogens is 200 g/mol. The Morgan fingerprint density at radius 2 is 1.81 bits per heavy atom. The van der Waals surface area contributed by atoms with Crippen LogP contribution in [-0.2, 0) is 0 Å². The van der Waals surface area contributed by atoms with Gasteiger partial charge in [-0.2, -0.15) is 0 Å². The molecular formula is C12H20N4. The van der Waals surface area contributed by atoms with Gasteiger partial charge >= 0.3 is 0 Å². The number of piperazine rings is 1. The lowest BCUT2D eigenvalue weighted by atomic mass is 10.1. The highest BCUT2D eigenvalue weighted by Gasteiger charge is 2.15. The third-order valence-corrected chi connectivity index (χ3v) is 3.09. The molecule has 1 fully saturated rings. The number of rotatable bonds is 3. The molecule has 16 heavy (non-hydrogen) atoms. The summed E-state index contributed by atoms with van der Waals surface area (Å²) in [5, 5.41) is 2.31. The summed E-state index contributed by atoms with van der Waals surface area (Å²) in [4.78, 5) is 6.39. The van der Waals surface area contributed by atoms with Crippen LogP contribution in [0.1, 0.15) is 18.5 Å². The monoisotopic (exact) mass is 220 g/mol. The Kier molecular flexibility index (Phi) is 3.88. The molecule has 1 aliphatic heterocycles. The van der Waals surface area contributed by atoms with E-state index in [1.54, 1.807) is 0 Å². The zero-order chi connectivity index (χ0) is 11.4. The third kappa shape index (κ3) is 3.01. The molecule has 0 aromatic carbocycles. The number of nitrogens with one attached hydrogen (secondary N) is 1. The summed E-state index contributed by atoms with van der Waals surface area (Å²) in [6.07, 6.45) is 3.69. The summed E-state index contributed by atoms with van der Waals surface area (Å²) in [5.74, 6) is 0. The predicted octanol–water partition coefficient (Wildman–Crippen LogP) is 0.895. The highest BCUT2D eigenvalue weighted by Crippen LogP contribution is 2.11. The van der Waals surface area contributed by atoms with Gasteiger partial charge in [-0.1, -0.05) is 0 Å². The minimum Gasteiger partial charge on any atom is -0.304 e. The lowest BCUT2D eigenvalue weighted by molar-refractivity contribution is 0.0899. The molecule has 0 radical (unpaired) electrons. The van der Waals surface area contributed by atoms with Gasteiger partial charge in [0.2, 0.25) is 0 Å². The molecule has 1 N–H and O–H groups in total. The zero-order valence-electron chi connectivity index (χ0n) is 10.1. The molecule has 0 aliphatic carbocycles. The van der Waals surface area contributed by atoms with E-state index in [9.17, 15) is 0 Å². The Balaban J connectivity index is 1.86. The van der Waals surface area contributed by atoms with E-state index in [4.69, 9.17) is 0 Å². The van der Waals surface area contributed by atoms with Crippen LogP contribution in [0.5, 0.6) is 0 Å². The maximum Gasteiger partial charge on any atom is 0.0437 e. The van der Waals surface area contributed by atoms with Gasteiger partial charge < -0.3 is 4.90 Å². The fourth-order valence-corrected chi connectivity index (χ4v) is 1.94. The first-order valence-corrected chi connectivity index (χ1v) is 5.85. The van der Waals surface area contributed by atoms with E-state index >= 15 is 0 Å². The average molecular weight is 220 g/mol. The van der Waals surface area contributed by atoms with Gasteiger partial charge in [-0.15, -0.1) is 0 Å². The van der Waals surface area contributed by atoms with E-state index < -0.39 is 0 Å². The molecule has 1 aromatic heterocycles. The maximum atomic E-state index is 4.04. The van der Waals surface area contributed by atoms with E-state index in [1.807, 2.05) is 12.4 Å². The molecule has 1 saturated heterocycles. The van der Waals surface area contributed by atoms with E-state index in [2.05, 4.69) is 46.4 Å². The Morgan fingerprint density at radius 3 is 2.44 bits per heavy atom. The van der Waals surface area contributed by atoms with Crippen LogP contribution in [0.2, 0.25) is 0 Å². The molecule has 88 valence electrons. The van der Waals surface area contributed by atoms with Crippen LogP contribution in [0, 0.1) is 0 Å². The summed E-state index contributed by atoms with van der Waals surface area (Å²) in [7, 11) is 2.17. The van der Waals surface area contributed by atoms with Crippen molar-refractivity contribution in [3.63, 3.8) is 0 Å². The molecule has 0 bridgehead atoms. The smallest absolute Gasteiger partial charge is 0.0437 e. The van der Waals surface area contributed by atoms with Gasteiger partial charge in [0.15, 0.2) is 0 Å². The van der Waals surface area contributed by atoms with Gasteiger partial charge in [-0.3, -0.25) is 4.98 Å². The summed E-state index contributed by atoms with van der Waals surface area (Å²) in [6, 6.07) is 4.48. The topological polar surface area (TPSA) is 31.4 Å². The van der Waals surface area contributed by atoms with Crippen molar-refractivity contribution >= 4 is 0 Å².